The van der Waals surface area contributed by atoms with E-state index in [0.717, 1.165) is 23.5 Å². The van der Waals surface area contributed by atoms with Gasteiger partial charge in [0.25, 0.3) is 5.91 Å². The van der Waals surface area contributed by atoms with Crippen molar-refractivity contribution < 1.29 is 4.79 Å². The number of hydrogen-bond donors (Lipinski definition) is 2. The molecule has 3 aliphatic rings. The number of pyridine rings is 1. The van der Waals surface area contributed by atoms with Gasteiger partial charge in [0.15, 0.2) is 5.66 Å². The second-order valence-corrected chi connectivity index (χ2v) is 9.40. The third kappa shape index (κ3) is 4.27. The SMILES string of the molecule is CC/C(C)=C(\C=C(/C)C(=O)Nc1cccc(C2(C)NN=CN2C2C=C2)n1)n1cnc(C2CC2)c1. The van der Waals surface area contributed by atoms with Crippen molar-refractivity contribution in [3.8, 4) is 0 Å². The van der Waals surface area contributed by atoms with Gasteiger partial charge in [-0.25, -0.2) is 9.97 Å². The van der Waals surface area contributed by atoms with Gasteiger partial charge in [0, 0.05) is 23.4 Å². The number of imidazole rings is 1. The van der Waals surface area contributed by atoms with Crippen LogP contribution < -0.4 is 10.7 Å². The lowest BCUT2D eigenvalue weighted by Crippen LogP contribution is -2.48. The molecule has 8 heteroatoms. The summed E-state index contributed by atoms with van der Waals surface area (Å²) in [5, 5.41) is 7.20. The highest BCUT2D eigenvalue weighted by molar-refractivity contribution is 6.04. The van der Waals surface area contributed by atoms with Crippen molar-refractivity contribution in [3.63, 3.8) is 0 Å². The molecule has 0 bridgehead atoms. The highest BCUT2D eigenvalue weighted by Crippen LogP contribution is 2.39. The van der Waals surface area contributed by atoms with Gasteiger partial charge < -0.3 is 14.8 Å². The molecule has 1 atom stereocenters. The number of carbonyl (C=O) groups is 1. The van der Waals surface area contributed by atoms with Crippen LogP contribution in [0.4, 0.5) is 5.82 Å². The topological polar surface area (TPSA) is 87.4 Å². The van der Waals surface area contributed by atoms with Gasteiger partial charge in [0.1, 0.15) is 12.2 Å². The van der Waals surface area contributed by atoms with Crippen LogP contribution in [0.3, 0.4) is 0 Å². The Hall–Kier alpha value is -3.68. The Labute approximate surface area is 200 Å². The first kappa shape index (κ1) is 22.1. The molecule has 176 valence electrons. The number of hydrogen-bond acceptors (Lipinski definition) is 6. The molecule has 0 saturated heterocycles. The first-order valence-corrected chi connectivity index (χ1v) is 11.9. The van der Waals surface area contributed by atoms with Crippen LogP contribution in [-0.2, 0) is 10.5 Å². The number of nitrogens with zero attached hydrogens (tertiary/aromatic N) is 5. The van der Waals surface area contributed by atoms with E-state index < -0.39 is 5.66 Å². The van der Waals surface area contributed by atoms with Crippen LogP contribution in [0.5, 0.6) is 0 Å². The van der Waals surface area contributed by atoms with Gasteiger partial charge in [0.05, 0.1) is 23.8 Å². The monoisotopic (exact) mass is 457 g/mol. The standard InChI is InChI=1S/C26H31N7O/c1-5-17(2)22(32-14-21(27-15-32)19-9-10-19)13-18(3)25(34)30-24-8-6-7-23(29-24)26(4)31-28-16-33(26)20-11-12-20/h6-8,11-16,19-20,31H,5,9-10H2,1-4H3,(H,29,30,34)/b18-13+,22-17+. The number of amides is 1. The fraction of sp³-hybridized carbons (Fsp3) is 0.385. The van der Waals surface area contributed by atoms with Crippen LogP contribution in [0.1, 0.15) is 64.3 Å². The van der Waals surface area contributed by atoms with E-state index in [1.807, 2.05) is 43.0 Å². The van der Waals surface area contributed by atoms with Crippen molar-refractivity contribution in [1.29, 1.82) is 0 Å². The lowest BCUT2D eigenvalue weighted by atomic mass is 10.1. The van der Waals surface area contributed by atoms with Gasteiger partial charge in [0.2, 0.25) is 0 Å². The van der Waals surface area contributed by atoms with E-state index in [4.69, 9.17) is 4.98 Å². The minimum absolute atomic E-state index is 0.185. The predicted molar refractivity (Wildman–Crippen MR) is 134 cm³/mol. The van der Waals surface area contributed by atoms with Crippen molar-refractivity contribution in [2.45, 2.75) is 64.6 Å². The lowest BCUT2D eigenvalue weighted by molar-refractivity contribution is -0.112. The van der Waals surface area contributed by atoms with Gasteiger partial charge in [-0.3, -0.25) is 10.2 Å². The van der Waals surface area contributed by atoms with Crippen molar-refractivity contribution in [1.82, 2.24) is 24.9 Å². The maximum atomic E-state index is 13.1. The molecular weight excluding hydrogens is 426 g/mol. The van der Waals surface area contributed by atoms with Crippen LogP contribution in [0.25, 0.3) is 5.70 Å². The Kier molecular flexibility index (Phi) is 5.59. The lowest BCUT2D eigenvalue weighted by Gasteiger charge is -2.34. The van der Waals surface area contributed by atoms with Gasteiger partial charge in [-0.05, 0) is 63.8 Å². The normalized spacial score (nSPS) is 22.6. The molecule has 1 saturated carbocycles. The van der Waals surface area contributed by atoms with Crippen molar-refractivity contribution in [2.24, 2.45) is 5.10 Å². The first-order valence-electron chi connectivity index (χ1n) is 11.9. The van der Waals surface area contributed by atoms with E-state index >= 15 is 0 Å². The highest BCUT2D eigenvalue weighted by atomic mass is 16.1. The first-order chi connectivity index (χ1) is 16.4. The smallest absolute Gasteiger partial charge is 0.252 e. The zero-order valence-electron chi connectivity index (χ0n) is 20.1. The van der Waals surface area contributed by atoms with Gasteiger partial charge >= 0.3 is 0 Å². The number of rotatable bonds is 8. The Morgan fingerprint density at radius 1 is 1.29 bits per heavy atom. The van der Waals surface area contributed by atoms with E-state index in [0.29, 0.717) is 17.3 Å². The van der Waals surface area contributed by atoms with Gasteiger partial charge in [-0.1, -0.05) is 25.1 Å². The molecule has 2 aliphatic carbocycles. The van der Waals surface area contributed by atoms with E-state index in [1.165, 1.54) is 18.4 Å². The average Bonchev–Trinajstić information content (AvgIpc) is 3.78. The molecule has 2 aromatic heterocycles. The van der Waals surface area contributed by atoms with E-state index in [-0.39, 0.29) is 11.9 Å². The molecular formula is C26H31N7O. The number of hydrazone groups is 1. The summed E-state index contributed by atoms with van der Waals surface area (Å²) in [6, 6.07) is 5.89. The minimum Gasteiger partial charge on any atom is -0.322 e. The fourth-order valence-electron chi connectivity index (χ4n) is 4.11. The third-order valence-electron chi connectivity index (χ3n) is 6.71. The molecule has 2 aromatic rings. The van der Waals surface area contributed by atoms with Gasteiger partial charge in [-0.2, -0.15) is 5.10 Å². The van der Waals surface area contributed by atoms with Crippen molar-refractivity contribution in [2.75, 3.05) is 5.32 Å². The zero-order valence-corrected chi connectivity index (χ0v) is 20.1. The van der Waals surface area contributed by atoms with Gasteiger partial charge in [-0.15, -0.1) is 0 Å². The Balaban J connectivity index is 1.34. The second-order valence-electron chi connectivity index (χ2n) is 9.40. The fourth-order valence-corrected chi connectivity index (χ4v) is 4.11. The zero-order chi connectivity index (χ0) is 23.9. The number of carbonyl (C=O) groups excluding carboxylic acids is 1. The molecule has 5 rings (SSSR count). The summed E-state index contributed by atoms with van der Waals surface area (Å²) in [6.07, 6.45) is 15.2. The van der Waals surface area contributed by atoms with Crippen LogP contribution in [0.2, 0.25) is 0 Å². The number of aromatic nitrogens is 3. The highest BCUT2D eigenvalue weighted by Gasteiger charge is 2.42. The molecule has 2 N–H and O–H groups in total. The molecule has 1 unspecified atom stereocenters. The molecule has 0 spiro atoms. The molecule has 8 nitrogen and oxygen atoms in total. The minimum atomic E-state index is -0.575. The Morgan fingerprint density at radius 3 is 2.79 bits per heavy atom. The average molecular weight is 458 g/mol. The molecule has 3 heterocycles. The molecule has 1 fully saturated rings. The van der Waals surface area contributed by atoms with Crippen LogP contribution in [0, 0.1) is 0 Å². The predicted octanol–water partition coefficient (Wildman–Crippen LogP) is 4.34. The molecule has 0 radical (unpaired) electrons. The molecule has 1 amide bonds. The van der Waals surface area contributed by atoms with Crippen LogP contribution >= 0.6 is 0 Å². The molecule has 34 heavy (non-hydrogen) atoms. The summed E-state index contributed by atoms with van der Waals surface area (Å²) in [5.74, 6) is 0.907. The van der Waals surface area contributed by atoms with Crippen LogP contribution in [-0.4, -0.2) is 37.7 Å². The third-order valence-corrected chi connectivity index (χ3v) is 6.71. The molecule has 1 aliphatic heterocycles. The summed E-state index contributed by atoms with van der Waals surface area (Å²) in [4.78, 5) is 24.5. The van der Waals surface area contributed by atoms with E-state index in [2.05, 4.69) is 57.9 Å². The summed E-state index contributed by atoms with van der Waals surface area (Å²) in [5.41, 5.74) is 7.29. The quantitative estimate of drug-likeness (QED) is 0.350. The number of nitrogens with one attached hydrogen (secondary N) is 2. The summed E-state index contributed by atoms with van der Waals surface area (Å²) >= 11 is 0. The summed E-state index contributed by atoms with van der Waals surface area (Å²) < 4.78 is 2.04. The molecule has 0 aromatic carbocycles. The Morgan fingerprint density at radius 2 is 2.09 bits per heavy atom. The maximum absolute atomic E-state index is 13.1. The second kappa shape index (κ2) is 8.59. The van der Waals surface area contributed by atoms with E-state index in [9.17, 15) is 4.79 Å². The number of anilines is 1. The number of allylic oxidation sites excluding steroid dienone is 3. The van der Waals surface area contributed by atoms with Crippen LogP contribution in [0.15, 0.2) is 65.2 Å². The van der Waals surface area contributed by atoms with E-state index in [1.54, 1.807) is 12.4 Å². The van der Waals surface area contributed by atoms with Crippen molar-refractivity contribution in [3.05, 3.63) is 71.5 Å². The maximum Gasteiger partial charge on any atom is 0.252 e. The summed E-state index contributed by atoms with van der Waals surface area (Å²) in [7, 11) is 0. The summed E-state index contributed by atoms with van der Waals surface area (Å²) in [6.45, 7) is 8.07. The largest absolute Gasteiger partial charge is 0.322 e. The van der Waals surface area contributed by atoms with Crippen molar-refractivity contribution >= 4 is 23.8 Å². The Bertz CT molecular complexity index is 1230.